The molecule has 0 aromatic heterocycles. The highest BCUT2D eigenvalue weighted by atomic mass is 35.5. The Bertz CT molecular complexity index is 608. The molecule has 20 heavy (non-hydrogen) atoms. The third-order valence-electron chi connectivity index (χ3n) is 3.67. The van der Waals surface area contributed by atoms with E-state index in [-0.39, 0.29) is 5.92 Å². The smallest absolute Gasteiger partial charge is 0.0595 e. The summed E-state index contributed by atoms with van der Waals surface area (Å²) < 4.78 is 0. The highest BCUT2D eigenvalue weighted by Crippen LogP contribution is 2.28. The van der Waals surface area contributed by atoms with Gasteiger partial charge in [0.1, 0.15) is 0 Å². The third kappa shape index (κ3) is 3.54. The number of nitrogens with two attached hydrogens (primary N) is 1. The molecule has 0 radical (unpaired) electrons. The lowest BCUT2D eigenvalue weighted by molar-refractivity contribution is 0.691. The molecule has 0 aliphatic rings. The molecule has 0 saturated heterocycles. The van der Waals surface area contributed by atoms with Gasteiger partial charge >= 0.3 is 0 Å². The molecule has 2 N–H and O–H groups in total. The molecule has 3 heteroatoms. The summed E-state index contributed by atoms with van der Waals surface area (Å²) in [5, 5.41) is 1.17. The second-order valence-corrected chi connectivity index (χ2v) is 6.05. The SMILES string of the molecule is Cc1ccc(C)c(CC(CN)c2ccc(Cl)c(Cl)c2)c1. The molecule has 0 aliphatic heterocycles. The van der Waals surface area contributed by atoms with Crippen LogP contribution in [0, 0.1) is 13.8 Å². The quantitative estimate of drug-likeness (QED) is 0.854. The predicted octanol–water partition coefficient (Wildman–Crippen LogP) is 4.90. The van der Waals surface area contributed by atoms with Crippen LogP contribution in [0.5, 0.6) is 0 Å². The molecule has 0 heterocycles. The van der Waals surface area contributed by atoms with Gasteiger partial charge in [-0.15, -0.1) is 0 Å². The van der Waals surface area contributed by atoms with Crippen LogP contribution < -0.4 is 5.73 Å². The summed E-state index contributed by atoms with van der Waals surface area (Å²) in [6, 6.07) is 12.3. The zero-order valence-electron chi connectivity index (χ0n) is 11.8. The van der Waals surface area contributed by atoms with Crippen LogP contribution in [-0.4, -0.2) is 6.54 Å². The summed E-state index contributed by atoms with van der Waals surface area (Å²) in [4.78, 5) is 0. The molecule has 0 bridgehead atoms. The predicted molar refractivity (Wildman–Crippen MR) is 87.9 cm³/mol. The second-order valence-electron chi connectivity index (χ2n) is 5.24. The molecule has 106 valence electrons. The molecule has 2 aromatic rings. The van der Waals surface area contributed by atoms with Crippen LogP contribution in [0.4, 0.5) is 0 Å². The number of benzene rings is 2. The van der Waals surface area contributed by atoms with Gasteiger partial charge in [0.25, 0.3) is 0 Å². The van der Waals surface area contributed by atoms with E-state index >= 15 is 0 Å². The zero-order valence-corrected chi connectivity index (χ0v) is 13.3. The Morgan fingerprint density at radius 3 is 2.40 bits per heavy atom. The van der Waals surface area contributed by atoms with Gasteiger partial charge in [0, 0.05) is 5.92 Å². The molecule has 0 spiro atoms. The van der Waals surface area contributed by atoms with Crippen LogP contribution in [0.2, 0.25) is 10.0 Å². The van der Waals surface area contributed by atoms with Gasteiger partial charge in [0.05, 0.1) is 10.0 Å². The van der Waals surface area contributed by atoms with Gasteiger partial charge in [-0.05, 0) is 55.6 Å². The third-order valence-corrected chi connectivity index (χ3v) is 4.41. The van der Waals surface area contributed by atoms with Crippen molar-refractivity contribution >= 4 is 23.2 Å². The van der Waals surface area contributed by atoms with Gasteiger partial charge in [-0.3, -0.25) is 0 Å². The maximum absolute atomic E-state index is 6.10. The highest BCUT2D eigenvalue weighted by Gasteiger charge is 2.13. The van der Waals surface area contributed by atoms with Crippen LogP contribution in [0.3, 0.4) is 0 Å². The van der Waals surface area contributed by atoms with Crippen molar-refractivity contribution in [1.29, 1.82) is 0 Å². The fourth-order valence-electron chi connectivity index (χ4n) is 2.39. The van der Waals surface area contributed by atoms with E-state index in [4.69, 9.17) is 28.9 Å². The fraction of sp³-hybridized carbons (Fsp3) is 0.294. The van der Waals surface area contributed by atoms with Crippen molar-refractivity contribution in [2.75, 3.05) is 6.54 Å². The maximum Gasteiger partial charge on any atom is 0.0595 e. The minimum absolute atomic E-state index is 0.255. The number of hydrogen-bond donors (Lipinski definition) is 1. The van der Waals surface area contributed by atoms with Crippen molar-refractivity contribution in [1.82, 2.24) is 0 Å². The largest absolute Gasteiger partial charge is 0.330 e. The van der Waals surface area contributed by atoms with Crippen molar-refractivity contribution in [3.05, 3.63) is 68.7 Å². The van der Waals surface area contributed by atoms with Gasteiger partial charge in [-0.2, -0.15) is 0 Å². The molecule has 2 rings (SSSR count). The molecule has 0 saturated carbocycles. The van der Waals surface area contributed by atoms with Gasteiger partial charge in [-0.1, -0.05) is 53.0 Å². The van der Waals surface area contributed by atoms with Crippen LogP contribution >= 0.6 is 23.2 Å². The lowest BCUT2D eigenvalue weighted by Gasteiger charge is -2.18. The summed E-state index contributed by atoms with van der Waals surface area (Å²) in [6.07, 6.45) is 0.919. The lowest BCUT2D eigenvalue weighted by Crippen LogP contribution is -2.15. The van der Waals surface area contributed by atoms with Gasteiger partial charge < -0.3 is 5.73 Å². The average Bonchev–Trinajstić information content (AvgIpc) is 2.43. The van der Waals surface area contributed by atoms with E-state index in [0.717, 1.165) is 12.0 Å². The molecular formula is C17H19Cl2N. The minimum Gasteiger partial charge on any atom is -0.330 e. The van der Waals surface area contributed by atoms with E-state index in [0.29, 0.717) is 16.6 Å². The second kappa shape index (κ2) is 6.62. The molecule has 1 unspecified atom stereocenters. The number of aryl methyl sites for hydroxylation is 2. The first-order valence-electron chi connectivity index (χ1n) is 6.72. The summed E-state index contributed by atoms with van der Waals surface area (Å²) in [6.45, 7) is 4.84. The maximum atomic E-state index is 6.10. The molecule has 1 nitrogen and oxygen atoms in total. The summed E-state index contributed by atoms with van der Waals surface area (Å²) in [7, 11) is 0. The number of hydrogen-bond acceptors (Lipinski definition) is 1. The van der Waals surface area contributed by atoms with Crippen LogP contribution in [0.15, 0.2) is 36.4 Å². The van der Waals surface area contributed by atoms with E-state index in [1.165, 1.54) is 16.7 Å². The first kappa shape index (κ1) is 15.4. The van der Waals surface area contributed by atoms with Crippen LogP contribution in [0.25, 0.3) is 0 Å². The van der Waals surface area contributed by atoms with Crippen molar-refractivity contribution in [3.8, 4) is 0 Å². The zero-order chi connectivity index (χ0) is 14.7. The van der Waals surface area contributed by atoms with Crippen molar-refractivity contribution in [2.24, 2.45) is 5.73 Å². The van der Waals surface area contributed by atoms with E-state index in [2.05, 4.69) is 32.0 Å². The van der Waals surface area contributed by atoms with E-state index in [1.807, 2.05) is 18.2 Å². The monoisotopic (exact) mass is 307 g/mol. The Balaban J connectivity index is 2.28. The highest BCUT2D eigenvalue weighted by molar-refractivity contribution is 6.42. The Morgan fingerprint density at radius 1 is 1.00 bits per heavy atom. The first-order valence-corrected chi connectivity index (χ1v) is 7.48. The average molecular weight is 308 g/mol. The summed E-state index contributed by atoms with van der Waals surface area (Å²) in [5.74, 6) is 0.255. The van der Waals surface area contributed by atoms with E-state index in [9.17, 15) is 0 Å². The van der Waals surface area contributed by atoms with Gasteiger partial charge in [0.2, 0.25) is 0 Å². The molecule has 2 aromatic carbocycles. The Hall–Kier alpha value is -1.02. The minimum atomic E-state index is 0.255. The molecule has 0 aliphatic carbocycles. The number of rotatable bonds is 4. The Morgan fingerprint density at radius 2 is 1.75 bits per heavy atom. The van der Waals surface area contributed by atoms with Crippen molar-refractivity contribution in [3.63, 3.8) is 0 Å². The summed E-state index contributed by atoms with van der Waals surface area (Å²) in [5.41, 5.74) is 11.0. The van der Waals surface area contributed by atoms with Crippen LogP contribution in [-0.2, 0) is 6.42 Å². The molecule has 1 atom stereocenters. The fourth-order valence-corrected chi connectivity index (χ4v) is 2.70. The van der Waals surface area contributed by atoms with E-state index in [1.54, 1.807) is 0 Å². The lowest BCUT2D eigenvalue weighted by atomic mass is 9.89. The Kier molecular flexibility index (Phi) is 5.09. The molecular weight excluding hydrogens is 289 g/mol. The van der Waals surface area contributed by atoms with Gasteiger partial charge in [0.15, 0.2) is 0 Å². The Labute approximate surface area is 130 Å². The van der Waals surface area contributed by atoms with Crippen LogP contribution in [0.1, 0.15) is 28.2 Å². The van der Waals surface area contributed by atoms with E-state index < -0.39 is 0 Å². The first-order chi connectivity index (χ1) is 9.51. The summed E-state index contributed by atoms with van der Waals surface area (Å²) >= 11 is 12.1. The van der Waals surface area contributed by atoms with Gasteiger partial charge in [-0.25, -0.2) is 0 Å². The standard InChI is InChI=1S/C17H19Cl2N/c1-11-3-4-12(2)14(7-11)8-15(10-20)13-5-6-16(18)17(19)9-13/h3-7,9,15H,8,10,20H2,1-2H3. The van der Waals surface area contributed by atoms with Crippen molar-refractivity contribution < 1.29 is 0 Å². The normalized spacial score (nSPS) is 12.4. The molecule has 0 fully saturated rings. The van der Waals surface area contributed by atoms with Crippen molar-refractivity contribution in [2.45, 2.75) is 26.2 Å². The molecule has 0 amide bonds. The number of halogens is 2. The topological polar surface area (TPSA) is 26.0 Å².